The van der Waals surface area contributed by atoms with Gasteiger partial charge in [0.05, 0.1) is 13.1 Å². The van der Waals surface area contributed by atoms with Crippen molar-refractivity contribution >= 4 is 5.91 Å². The second-order valence-electron chi connectivity index (χ2n) is 4.94. The van der Waals surface area contributed by atoms with Gasteiger partial charge in [-0.15, -0.1) is 0 Å². The zero-order valence-electron chi connectivity index (χ0n) is 11.2. The maximum atomic E-state index is 11.6. The van der Waals surface area contributed by atoms with Gasteiger partial charge < -0.3 is 24.8 Å². The number of rotatable bonds is 3. The normalized spacial score (nSPS) is 20.9. The van der Waals surface area contributed by atoms with Crippen LogP contribution in [0, 0.1) is 0 Å². The van der Waals surface area contributed by atoms with Crippen LogP contribution < -0.4 is 19.9 Å². The predicted molar refractivity (Wildman–Crippen MR) is 71.8 cm³/mol. The average molecular weight is 278 g/mol. The van der Waals surface area contributed by atoms with Crippen LogP contribution in [0.1, 0.15) is 12.8 Å². The van der Waals surface area contributed by atoms with Crippen molar-refractivity contribution in [3.05, 3.63) is 18.2 Å². The second-order valence-corrected chi connectivity index (χ2v) is 4.94. The number of piperidine rings is 1. The Bertz CT molecular complexity index is 506. The molecule has 1 fully saturated rings. The first-order valence-electron chi connectivity index (χ1n) is 6.80. The molecule has 6 nitrogen and oxygen atoms in total. The van der Waals surface area contributed by atoms with E-state index in [1.54, 1.807) is 4.90 Å². The third-order valence-corrected chi connectivity index (χ3v) is 3.55. The lowest BCUT2D eigenvalue weighted by Crippen LogP contribution is -2.46. The second kappa shape index (κ2) is 5.58. The van der Waals surface area contributed by atoms with E-state index in [-0.39, 0.29) is 25.3 Å². The molecule has 0 spiro atoms. The molecule has 0 aromatic heterocycles. The van der Waals surface area contributed by atoms with Crippen LogP contribution in [0.4, 0.5) is 0 Å². The number of hydrogen-bond donors (Lipinski definition) is 1. The molecule has 0 radical (unpaired) electrons. The highest BCUT2D eigenvalue weighted by Crippen LogP contribution is 2.35. The highest BCUT2D eigenvalue weighted by atomic mass is 16.7. The molecule has 1 aromatic rings. The SMILES string of the molecule is NCC(=O)N1CCCC(Oc2ccc3c(c2)OCO3)C1. The number of ether oxygens (including phenoxy) is 3. The molecule has 6 heteroatoms. The standard InChI is InChI=1S/C14H18N2O4/c15-7-14(17)16-5-1-2-11(8-16)20-10-3-4-12-13(6-10)19-9-18-12/h3-4,6,11H,1-2,5,7-9,15H2. The molecular formula is C14H18N2O4. The molecule has 2 aliphatic heterocycles. The van der Waals surface area contributed by atoms with Gasteiger partial charge in [-0.05, 0) is 25.0 Å². The van der Waals surface area contributed by atoms with Crippen molar-refractivity contribution in [3.63, 3.8) is 0 Å². The van der Waals surface area contributed by atoms with Crippen molar-refractivity contribution in [3.8, 4) is 17.2 Å². The first-order valence-corrected chi connectivity index (χ1v) is 6.80. The largest absolute Gasteiger partial charge is 0.488 e. The average Bonchev–Trinajstić information content (AvgIpc) is 2.94. The molecule has 2 N–H and O–H groups in total. The van der Waals surface area contributed by atoms with Crippen LogP contribution in [-0.4, -0.2) is 43.3 Å². The summed E-state index contributed by atoms with van der Waals surface area (Å²) in [5, 5.41) is 0. The van der Waals surface area contributed by atoms with Crippen LogP contribution in [0.5, 0.6) is 17.2 Å². The van der Waals surface area contributed by atoms with Crippen LogP contribution in [0.3, 0.4) is 0 Å². The summed E-state index contributed by atoms with van der Waals surface area (Å²) in [6.07, 6.45) is 1.86. The summed E-state index contributed by atoms with van der Waals surface area (Å²) in [6.45, 7) is 1.65. The fourth-order valence-corrected chi connectivity index (χ4v) is 2.53. The van der Waals surface area contributed by atoms with Gasteiger partial charge in [0.2, 0.25) is 12.7 Å². The maximum absolute atomic E-state index is 11.6. The van der Waals surface area contributed by atoms with E-state index in [9.17, 15) is 4.79 Å². The first kappa shape index (κ1) is 13.1. The third-order valence-electron chi connectivity index (χ3n) is 3.55. The summed E-state index contributed by atoms with van der Waals surface area (Å²) in [5.74, 6) is 2.15. The van der Waals surface area contributed by atoms with Gasteiger partial charge >= 0.3 is 0 Å². The van der Waals surface area contributed by atoms with Crippen molar-refractivity contribution in [2.75, 3.05) is 26.4 Å². The number of amides is 1. The minimum atomic E-state index is -0.0241. The zero-order valence-corrected chi connectivity index (χ0v) is 11.2. The number of nitrogens with zero attached hydrogens (tertiary/aromatic N) is 1. The summed E-state index contributed by atoms with van der Waals surface area (Å²) >= 11 is 0. The topological polar surface area (TPSA) is 74.0 Å². The highest BCUT2D eigenvalue weighted by Gasteiger charge is 2.24. The lowest BCUT2D eigenvalue weighted by Gasteiger charge is -2.32. The van der Waals surface area contributed by atoms with E-state index < -0.39 is 0 Å². The molecule has 108 valence electrons. The summed E-state index contributed by atoms with van der Waals surface area (Å²) < 4.78 is 16.5. The van der Waals surface area contributed by atoms with Gasteiger partial charge in [-0.25, -0.2) is 0 Å². The molecule has 1 aromatic carbocycles. The Balaban J connectivity index is 1.64. The fourth-order valence-electron chi connectivity index (χ4n) is 2.53. The van der Waals surface area contributed by atoms with Crippen LogP contribution in [-0.2, 0) is 4.79 Å². The third kappa shape index (κ3) is 2.65. The smallest absolute Gasteiger partial charge is 0.236 e. The van der Waals surface area contributed by atoms with Crippen LogP contribution >= 0.6 is 0 Å². The molecule has 0 saturated carbocycles. The molecule has 1 amide bonds. The number of hydrogen-bond acceptors (Lipinski definition) is 5. The number of nitrogens with two attached hydrogens (primary N) is 1. The quantitative estimate of drug-likeness (QED) is 0.883. The Labute approximate surface area is 117 Å². The van der Waals surface area contributed by atoms with Gasteiger partial charge in [-0.3, -0.25) is 4.79 Å². The number of carbonyl (C=O) groups excluding carboxylic acids is 1. The molecule has 3 rings (SSSR count). The Hall–Kier alpha value is -1.95. The van der Waals surface area contributed by atoms with Crippen molar-refractivity contribution < 1.29 is 19.0 Å². The zero-order chi connectivity index (χ0) is 13.9. The van der Waals surface area contributed by atoms with Crippen LogP contribution in [0.25, 0.3) is 0 Å². The molecule has 0 aliphatic carbocycles. The molecule has 1 unspecified atom stereocenters. The van der Waals surface area contributed by atoms with Crippen molar-refractivity contribution in [2.45, 2.75) is 18.9 Å². The molecule has 0 bridgehead atoms. The van der Waals surface area contributed by atoms with Crippen molar-refractivity contribution in [1.82, 2.24) is 4.90 Å². The summed E-state index contributed by atoms with van der Waals surface area (Å²) in [7, 11) is 0. The van der Waals surface area contributed by atoms with E-state index in [4.69, 9.17) is 19.9 Å². The minimum Gasteiger partial charge on any atom is -0.488 e. The number of likely N-dealkylation sites (tertiary alicyclic amines) is 1. The Morgan fingerprint density at radius 3 is 3.10 bits per heavy atom. The number of fused-ring (bicyclic) bond motifs is 1. The minimum absolute atomic E-state index is 0.000351. The molecule has 2 aliphatic rings. The van der Waals surface area contributed by atoms with E-state index >= 15 is 0 Å². The monoisotopic (exact) mass is 278 g/mol. The van der Waals surface area contributed by atoms with E-state index in [2.05, 4.69) is 0 Å². The number of benzene rings is 1. The Kier molecular flexibility index (Phi) is 3.64. The molecular weight excluding hydrogens is 260 g/mol. The van der Waals surface area contributed by atoms with Gasteiger partial charge in [-0.2, -0.15) is 0 Å². The first-order chi connectivity index (χ1) is 9.76. The summed E-state index contributed by atoms with van der Waals surface area (Å²) in [4.78, 5) is 13.4. The molecule has 1 atom stereocenters. The van der Waals surface area contributed by atoms with Gasteiger partial charge in [0.1, 0.15) is 11.9 Å². The van der Waals surface area contributed by atoms with Crippen LogP contribution in [0.2, 0.25) is 0 Å². The Morgan fingerprint density at radius 1 is 1.40 bits per heavy atom. The Morgan fingerprint density at radius 2 is 2.25 bits per heavy atom. The molecule has 1 saturated heterocycles. The van der Waals surface area contributed by atoms with Gasteiger partial charge in [-0.1, -0.05) is 0 Å². The van der Waals surface area contributed by atoms with Gasteiger partial charge in [0.15, 0.2) is 11.5 Å². The van der Waals surface area contributed by atoms with E-state index in [0.29, 0.717) is 12.3 Å². The van der Waals surface area contributed by atoms with E-state index in [0.717, 1.165) is 30.9 Å². The fraction of sp³-hybridized carbons (Fsp3) is 0.500. The molecule has 20 heavy (non-hydrogen) atoms. The maximum Gasteiger partial charge on any atom is 0.236 e. The van der Waals surface area contributed by atoms with Crippen molar-refractivity contribution in [1.29, 1.82) is 0 Å². The lowest BCUT2D eigenvalue weighted by atomic mass is 10.1. The van der Waals surface area contributed by atoms with E-state index in [1.165, 1.54) is 0 Å². The summed E-state index contributed by atoms with van der Waals surface area (Å²) in [6, 6.07) is 5.52. The lowest BCUT2D eigenvalue weighted by molar-refractivity contribution is -0.132. The molecule has 2 heterocycles. The van der Waals surface area contributed by atoms with Crippen molar-refractivity contribution in [2.24, 2.45) is 5.73 Å². The van der Waals surface area contributed by atoms with E-state index in [1.807, 2.05) is 18.2 Å². The van der Waals surface area contributed by atoms with Gasteiger partial charge in [0.25, 0.3) is 0 Å². The van der Waals surface area contributed by atoms with Crippen LogP contribution in [0.15, 0.2) is 18.2 Å². The number of carbonyl (C=O) groups is 1. The summed E-state index contributed by atoms with van der Waals surface area (Å²) in [5.41, 5.74) is 5.40. The predicted octanol–water partition coefficient (Wildman–Crippen LogP) is 0.744. The van der Waals surface area contributed by atoms with Gasteiger partial charge in [0, 0.05) is 12.6 Å². The highest BCUT2D eigenvalue weighted by molar-refractivity contribution is 5.78.